The number of likely N-dealkylation sites (tertiary alicyclic amines) is 1. The second-order valence-corrected chi connectivity index (χ2v) is 27.9. The van der Waals surface area contributed by atoms with Crippen molar-refractivity contribution in [1.82, 2.24) is 55.2 Å². The monoisotopic (exact) mass is 1370 g/mol. The molecule has 24 heteroatoms. The number of hydrogen-bond donors (Lipinski definition) is 7. The number of imidazole rings is 2. The van der Waals surface area contributed by atoms with Crippen LogP contribution in [-0.2, 0) is 46.9 Å². The molecule has 3 aliphatic rings. The molecular weight excluding hydrogens is 1290 g/mol. The van der Waals surface area contributed by atoms with Gasteiger partial charge in [0.2, 0.25) is 17.7 Å². The highest BCUT2D eigenvalue weighted by molar-refractivity contribution is 6.42. The maximum atomic E-state index is 14.6. The number of fused-ring (bicyclic) bond motifs is 2. The molecule has 1 saturated carbocycles. The first-order valence-corrected chi connectivity index (χ1v) is 34.4. The van der Waals surface area contributed by atoms with E-state index < -0.39 is 30.6 Å². The summed E-state index contributed by atoms with van der Waals surface area (Å²) in [6.07, 6.45) is 9.22. The first kappa shape index (κ1) is 71.0. The lowest BCUT2D eigenvalue weighted by Crippen LogP contribution is -2.52. The van der Waals surface area contributed by atoms with Gasteiger partial charge in [-0.25, -0.2) is 19.9 Å². The number of anilines is 1. The van der Waals surface area contributed by atoms with E-state index in [1.165, 1.54) is 11.9 Å². The van der Waals surface area contributed by atoms with E-state index in [2.05, 4.69) is 98.9 Å². The number of unbranched alkanes of at least 4 members (excludes halogenated alkanes) is 1. The maximum absolute atomic E-state index is 14.6. The summed E-state index contributed by atoms with van der Waals surface area (Å²) in [6, 6.07) is 26.2. The third-order valence-electron chi connectivity index (χ3n) is 17.9. The van der Waals surface area contributed by atoms with Crippen LogP contribution in [0.3, 0.4) is 0 Å². The van der Waals surface area contributed by atoms with E-state index in [0.29, 0.717) is 117 Å². The molecule has 0 radical (unpaired) electrons. The Labute approximate surface area is 574 Å². The molecule has 4 aromatic carbocycles. The molecular formula is C71H86Cl4N12O8. The highest BCUT2D eigenvalue weighted by Crippen LogP contribution is 2.39. The van der Waals surface area contributed by atoms with Crippen LogP contribution < -0.4 is 21.3 Å². The minimum Gasteiger partial charge on any atom is -0.387 e. The number of H-pyrrole nitrogens is 1. The lowest BCUT2D eigenvalue weighted by atomic mass is 9.76. The molecule has 5 atom stereocenters. The second kappa shape index (κ2) is 33.0. The van der Waals surface area contributed by atoms with Crippen molar-refractivity contribution in [2.45, 2.75) is 147 Å². The molecule has 3 aromatic heterocycles. The van der Waals surface area contributed by atoms with Crippen LogP contribution in [0.15, 0.2) is 109 Å². The standard InChI is InChI=1S/C71H86Cl4N12O8/c1-43(2)86(51-32-47(33-51)18-23-60-83-56-22-19-50(71(3,4)5)37-57(56)84-60)40-59-65(91)66(92)70(95-59)87-42-82-63-67(80-41-81-68(63)87)79-25-10-9-24-77-61(88)14-11-15-62(89)78-27-29-94-28-26-76-58(36-44-12-7-6-8-13-44)69(93)85-38-48(30-45-16-20-52(72)54(74)34-45)64(90)49(39-85)31-46-17-21-53(73)55(75)35-46/h6-8,12-13,16-17,19-22,30-31,34-35,37,41-43,47,51,58-59,65-66,70,76,91-92H,9-11,14-15,18,23-29,32-33,36,38-40H2,1-5H3,(H,77,88)(H,78,89)(H,83,84)(H,79,80,81)/b48-30+,49-31+/t47?,51?,58-,59+,65?,66?,70+/m0/s1. The van der Waals surface area contributed by atoms with Gasteiger partial charge in [-0.2, -0.15) is 0 Å². The summed E-state index contributed by atoms with van der Waals surface area (Å²) in [5.74, 6) is 1.37. The lowest BCUT2D eigenvalue weighted by Gasteiger charge is -2.46. The average molecular weight is 1380 g/mol. The van der Waals surface area contributed by atoms with Crippen LogP contribution in [-0.4, -0.2) is 168 Å². The number of carbonyl (C=O) groups excluding carboxylic acids is 4. The van der Waals surface area contributed by atoms with Gasteiger partial charge in [0.15, 0.2) is 29.0 Å². The number of aliphatic hydroxyl groups is 2. The highest BCUT2D eigenvalue weighted by atomic mass is 35.5. The lowest BCUT2D eigenvalue weighted by molar-refractivity contribution is -0.133. The summed E-state index contributed by atoms with van der Waals surface area (Å²) in [5, 5.41) is 36.7. The van der Waals surface area contributed by atoms with E-state index in [4.69, 9.17) is 60.9 Å². The van der Waals surface area contributed by atoms with Gasteiger partial charge in [0.25, 0.3) is 0 Å². The number of aryl methyl sites for hydroxylation is 1. The molecule has 20 nitrogen and oxygen atoms in total. The topological polar surface area (TPSA) is 254 Å². The van der Waals surface area contributed by atoms with Crippen LogP contribution in [0.2, 0.25) is 20.1 Å². The minimum atomic E-state index is -1.20. The number of Topliss-reactive ketones (excluding diaryl/α,β-unsaturated/α-hetero) is 1. The summed E-state index contributed by atoms with van der Waals surface area (Å²) in [5.41, 5.74) is 7.47. The number of piperidine rings is 1. The SMILES string of the molecule is CC(C)N(C[C@H]1O[C@@H](n2cnc3c(NCCCCNC(=O)CCCC(=O)NCCOCCN[C@@H](Cc4ccccc4)C(=O)N4C/C(=C\c5ccc(Cl)c(Cl)c5)C(=O)/C(=C/c5ccc(Cl)c(Cl)c5)C4)ncnc32)C(O)C1O)C1CC(CCc2nc3ccc(C(C)(C)C)cc3[nH]2)C1. The van der Waals surface area contributed by atoms with Crippen molar-refractivity contribution in [2.75, 3.05) is 64.3 Å². The zero-order chi connectivity index (χ0) is 67.3. The van der Waals surface area contributed by atoms with Gasteiger partial charge in [0, 0.05) is 88.3 Å². The van der Waals surface area contributed by atoms with E-state index in [0.717, 1.165) is 54.5 Å². The molecule has 2 aliphatic heterocycles. The quantitative estimate of drug-likeness (QED) is 0.0163. The number of aromatic nitrogens is 6. The third-order valence-corrected chi connectivity index (χ3v) is 19.4. The van der Waals surface area contributed by atoms with Crippen molar-refractivity contribution >= 4 is 110 Å². The Balaban J connectivity index is 0.603. The number of carbonyl (C=O) groups is 4. The van der Waals surface area contributed by atoms with Crippen molar-refractivity contribution in [2.24, 2.45) is 5.92 Å². The largest absolute Gasteiger partial charge is 0.387 e. The Morgan fingerprint density at radius 3 is 2.12 bits per heavy atom. The molecule has 7 N–H and O–H groups in total. The Kier molecular flexibility index (Phi) is 24.6. The average Bonchev–Trinajstić information content (AvgIpc) is 1.69. The van der Waals surface area contributed by atoms with Gasteiger partial charge < -0.3 is 50.8 Å². The van der Waals surface area contributed by atoms with E-state index in [1.807, 2.05) is 30.3 Å². The Bertz CT molecular complexity index is 3800. The molecule has 2 unspecified atom stereocenters. The smallest absolute Gasteiger partial charge is 0.240 e. The fourth-order valence-electron chi connectivity index (χ4n) is 12.5. The summed E-state index contributed by atoms with van der Waals surface area (Å²) in [7, 11) is 0. The van der Waals surface area contributed by atoms with E-state index in [9.17, 15) is 29.4 Å². The fraction of sp³-hybridized carbons (Fsp3) is 0.465. The maximum Gasteiger partial charge on any atom is 0.240 e. The first-order chi connectivity index (χ1) is 45.6. The number of hydrogen-bond acceptors (Lipinski definition) is 15. The van der Waals surface area contributed by atoms with Crippen molar-refractivity contribution < 1.29 is 38.9 Å². The van der Waals surface area contributed by atoms with Gasteiger partial charge in [-0.3, -0.25) is 28.6 Å². The number of halogens is 4. The highest BCUT2D eigenvalue weighted by Gasteiger charge is 2.47. The number of benzene rings is 4. The van der Waals surface area contributed by atoms with Gasteiger partial charge >= 0.3 is 0 Å². The number of amides is 3. The third kappa shape index (κ3) is 18.9. The number of nitrogens with one attached hydrogen (secondary N) is 5. The number of aromatic amines is 1. The zero-order valence-electron chi connectivity index (χ0n) is 54.4. The van der Waals surface area contributed by atoms with Crippen molar-refractivity contribution in [1.29, 1.82) is 0 Å². The van der Waals surface area contributed by atoms with Gasteiger partial charge in [-0.1, -0.05) is 116 Å². The van der Waals surface area contributed by atoms with Crippen LogP contribution in [0, 0.1) is 5.92 Å². The number of ketones is 1. The van der Waals surface area contributed by atoms with Gasteiger partial charge in [-0.15, -0.1) is 0 Å². The number of rotatable bonds is 30. The molecule has 10 rings (SSSR count). The van der Waals surface area contributed by atoms with Gasteiger partial charge in [0.1, 0.15) is 30.5 Å². The Morgan fingerprint density at radius 2 is 1.45 bits per heavy atom. The van der Waals surface area contributed by atoms with Gasteiger partial charge in [0.05, 0.1) is 56.7 Å². The minimum absolute atomic E-state index is 0.0585. The van der Waals surface area contributed by atoms with E-state index in [-0.39, 0.29) is 80.7 Å². The molecule has 506 valence electrons. The predicted molar refractivity (Wildman–Crippen MR) is 374 cm³/mol. The van der Waals surface area contributed by atoms with Crippen LogP contribution in [0.4, 0.5) is 5.82 Å². The second-order valence-electron chi connectivity index (χ2n) is 26.3. The van der Waals surface area contributed by atoms with Crippen LogP contribution in [0.5, 0.6) is 0 Å². The molecule has 2 saturated heterocycles. The summed E-state index contributed by atoms with van der Waals surface area (Å²) in [4.78, 5) is 80.0. The summed E-state index contributed by atoms with van der Waals surface area (Å²) >= 11 is 25.1. The van der Waals surface area contributed by atoms with Crippen molar-refractivity contribution in [3.63, 3.8) is 0 Å². The zero-order valence-corrected chi connectivity index (χ0v) is 57.5. The summed E-state index contributed by atoms with van der Waals surface area (Å²) in [6.45, 7) is 13.7. The molecule has 3 fully saturated rings. The van der Waals surface area contributed by atoms with E-state index in [1.54, 1.807) is 64.3 Å². The van der Waals surface area contributed by atoms with Crippen LogP contribution >= 0.6 is 46.4 Å². The van der Waals surface area contributed by atoms with Crippen molar-refractivity contribution in [3.05, 3.63) is 157 Å². The number of aliphatic hydroxyl groups excluding tert-OH is 2. The Hall–Kier alpha value is -6.82. The molecule has 5 heterocycles. The molecule has 7 aromatic rings. The van der Waals surface area contributed by atoms with Crippen molar-refractivity contribution in [3.8, 4) is 0 Å². The number of nitrogens with zero attached hydrogens (tertiary/aromatic N) is 7. The fourth-order valence-corrected chi connectivity index (χ4v) is 13.1. The predicted octanol–water partition coefficient (Wildman–Crippen LogP) is 10.7. The molecule has 0 spiro atoms. The van der Waals surface area contributed by atoms with Gasteiger partial charge in [-0.05, 0) is 141 Å². The van der Waals surface area contributed by atoms with E-state index >= 15 is 0 Å². The molecule has 95 heavy (non-hydrogen) atoms. The molecule has 0 bridgehead atoms. The summed E-state index contributed by atoms with van der Waals surface area (Å²) < 4.78 is 14.0. The normalized spacial score (nSPS) is 20.3. The Morgan fingerprint density at radius 1 is 0.789 bits per heavy atom. The molecule has 3 amide bonds. The molecule has 1 aliphatic carbocycles. The number of ether oxygens (including phenoxy) is 2. The van der Waals surface area contributed by atoms with Crippen LogP contribution in [0.1, 0.15) is 120 Å². The van der Waals surface area contributed by atoms with Crippen LogP contribution in [0.25, 0.3) is 34.3 Å². The first-order valence-electron chi connectivity index (χ1n) is 32.9.